The van der Waals surface area contributed by atoms with Crippen LogP contribution in [-0.4, -0.2) is 44.4 Å². The highest BCUT2D eigenvalue weighted by Gasteiger charge is 2.36. The van der Waals surface area contributed by atoms with E-state index in [2.05, 4.69) is 4.98 Å². The molecule has 1 aliphatic heterocycles. The molecule has 2 N–H and O–H groups in total. The minimum absolute atomic E-state index is 0.0745. The zero-order valence-electron chi connectivity index (χ0n) is 14.7. The van der Waals surface area contributed by atoms with Crippen LogP contribution in [0.4, 0.5) is 5.69 Å². The van der Waals surface area contributed by atoms with Gasteiger partial charge in [-0.05, 0) is 19.1 Å². The lowest BCUT2D eigenvalue weighted by atomic mass is 10.2. The molecular formula is C17H17N3O8. The quantitative estimate of drug-likeness (QED) is 0.418. The van der Waals surface area contributed by atoms with Gasteiger partial charge in [0.15, 0.2) is 0 Å². The Balaban J connectivity index is 1.63. The van der Waals surface area contributed by atoms with E-state index in [-0.39, 0.29) is 24.3 Å². The van der Waals surface area contributed by atoms with Crippen molar-refractivity contribution in [3.63, 3.8) is 0 Å². The number of ether oxygens (including phenoxy) is 2. The molecule has 28 heavy (non-hydrogen) atoms. The fourth-order valence-corrected chi connectivity index (χ4v) is 2.80. The van der Waals surface area contributed by atoms with E-state index in [0.717, 1.165) is 4.57 Å². The Kier molecular flexibility index (Phi) is 5.38. The summed E-state index contributed by atoms with van der Waals surface area (Å²) in [6.45, 7) is 1.26. The van der Waals surface area contributed by atoms with E-state index in [4.69, 9.17) is 9.47 Å². The number of carbonyl (C=O) groups is 1. The average Bonchev–Trinajstić information content (AvgIpc) is 3.03. The van der Waals surface area contributed by atoms with Crippen LogP contribution >= 0.6 is 0 Å². The number of nitro benzene ring substituents is 1. The number of hydrogen-bond donors (Lipinski definition) is 2. The van der Waals surface area contributed by atoms with Crippen molar-refractivity contribution >= 4 is 11.7 Å². The van der Waals surface area contributed by atoms with Crippen LogP contribution in [0.1, 0.15) is 28.6 Å². The van der Waals surface area contributed by atoms with Crippen LogP contribution in [0.25, 0.3) is 0 Å². The van der Waals surface area contributed by atoms with Crippen LogP contribution in [-0.2, 0) is 9.47 Å². The molecule has 0 unspecified atom stereocenters. The molecule has 3 rings (SSSR count). The number of hydrogen-bond acceptors (Lipinski definition) is 8. The third kappa shape index (κ3) is 4.00. The van der Waals surface area contributed by atoms with Gasteiger partial charge in [-0.25, -0.2) is 9.59 Å². The summed E-state index contributed by atoms with van der Waals surface area (Å²) in [5, 5.41) is 20.8. The van der Waals surface area contributed by atoms with Crippen molar-refractivity contribution in [2.24, 2.45) is 0 Å². The van der Waals surface area contributed by atoms with Crippen LogP contribution < -0.4 is 11.2 Å². The van der Waals surface area contributed by atoms with Crippen molar-refractivity contribution in [1.29, 1.82) is 0 Å². The third-order valence-corrected chi connectivity index (χ3v) is 4.35. The van der Waals surface area contributed by atoms with Gasteiger partial charge in [-0.3, -0.25) is 24.5 Å². The monoisotopic (exact) mass is 391 g/mol. The lowest BCUT2D eigenvalue weighted by Crippen LogP contribution is -2.33. The third-order valence-electron chi connectivity index (χ3n) is 4.35. The van der Waals surface area contributed by atoms with Gasteiger partial charge < -0.3 is 14.6 Å². The predicted octanol–water partition coefficient (Wildman–Crippen LogP) is 0.259. The van der Waals surface area contributed by atoms with Gasteiger partial charge in [-0.1, -0.05) is 0 Å². The Labute approximate surface area is 157 Å². The van der Waals surface area contributed by atoms with Gasteiger partial charge >= 0.3 is 11.7 Å². The lowest BCUT2D eigenvalue weighted by Gasteiger charge is -2.16. The molecule has 0 aliphatic carbocycles. The molecule has 1 aliphatic rings. The fourth-order valence-electron chi connectivity index (χ4n) is 2.80. The van der Waals surface area contributed by atoms with Crippen LogP contribution in [0, 0.1) is 17.0 Å². The molecule has 0 saturated carbocycles. The molecule has 0 amide bonds. The molecule has 3 atom stereocenters. The number of carbonyl (C=O) groups excluding carboxylic acids is 1. The molecule has 0 bridgehead atoms. The average molecular weight is 391 g/mol. The SMILES string of the molecule is Cc1cn([C@H]2C[C@H](O)[C@@H](COC(=O)c3ccc([N+](=O)[O-])cc3)O2)c(=O)[nH]c1=O. The Morgan fingerprint density at radius 1 is 1.39 bits per heavy atom. The number of esters is 1. The number of nitrogens with zero attached hydrogens (tertiary/aromatic N) is 2. The second-order valence-electron chi connectivity index (χ2n) is 6.31. The van der Waals surface area contributed by atoms with Gasteiger partial charge in [-0.15, -0.1) is 0 Å². The molecule has 1 aromatic carbocycles. The van der Waals surface area contributed by atoms with E-state index in [1.165, 1.54) is 37.4 Å². The number of nitro groups is 1. The van der Waals surface area contributed by atoms with Crippen molar-refractivity contribution in [2.45, 2.75) is 31.8 Å². The highest BCUT2D eigenvalue weighted by Crippen LogP contribution is 2.28. The molecule has 11 nitrogen and oxygen atoms in total. The van der Waals surface area contributed by atoms with Crippen LogP contribution in [0.3, 0.4) is 0 Å². The highest BCUT2D eigenvalue weighted by atomic mass is 16.6. The molecule has 2 heterocycles. The van der Waals surface area contributed by atoms with Crippen molar-refractivity contribution < 1.29 is 24.3 Å². The van der Waals surface area contributed by atoms with E-state index in [1.807, 2.05) is 0 Å². The molecule has 148 valence electrons. The van der Waals surface area contributed by atoms with Gasteiger partial charge in [-0.2, -0.15) is 0 Å². The minimum atomic E-state index is -0.992. The second-order valence-corrected chi connectivity index (χ2v) is 6.31. The summed E-state index contributed by atoms with van der Waals surface area (Å²) in [6, 6.07) is 4.88. The lowest BCUT2D eigenvalue weighted by molar-refractivity contribution is -0.384. The summed E-state index contributed by atoms with van der Waals surface area (Å²) in [4.78, 5) is 47.6. The number of aliphatic hydroxyl groups is 1. The maximum absolute atomic E-state index is 12.1. The Bertz CT molecular complexity index is 1010. The molecule has 0 spiro atoms. The number of benzene rings is 1. The van der Waals surface area contributed by atoms with Gasteiger partial charge in [0.2, 0.25) is 0 Å². The molecular weight excluding hydrogens is 374 g/mol. The van der Waals surface area contributed by atoms with Gasteiger partial charge in [0.1, 0.15) is 18.9 Å². The Morgan fingerprint density at radius 3 is 2.71 bits per heavy atom. The first-order valence-electron chi connectivity index (χ1n) is 8.33. The topological polar surface area (TPSA) is 154 Å². The fraction of sp³-hybridized carbons (Fsp3) is 0.353. The predicted molar refractivity (Wildman–Crippen MR) is 94.0 cm³/mol. The summed E-state index contributed by atoms with van der Waals surface area (Å²) in [7, 11) is 0. The van der Waals surface area contributed by atoms with E-state index in [0.29, 0.717) is 5.56 Å². The zero-order chi connectivity index (χ0) is 20.4. The molecule has 2 aromatic rings. The van der Waals surface area contributed by atoms with Gasteiger partial charge in [0, 0.05) is 30.3 Å². The van der Waals surface area contributed by atoms with Gasteiger partial charge in [0.05, 0.1) is 16.6 Å². The standard InChI is InChI=1S/C17H17N3O8/c1-9-7-19(17(24)18-15(9)22)14-6-12(21)13(28-14)8-27-16(23)10-2-4-11(5-3-10)20(25)26/h2-5,7,12-14,21H,6,8H2,1H3,(H,18,22,24)/t12-,13+,14+/m0/s1. The normalized spacial score (nSPS) is 21.4. The zero-order valence-corrected chi connectivity index (χ0v) is 14.7. The first-order valence-corrected chi connectivity index (χ1v) is 8.33. The van der Waals surface area contributed by atoms with Crippen molar-refractivity contribution in [3.8, 4) is 0 Å². The molecule has 1 aromatic heterocycles. The van der Waals surface area contributed by atoms with Crippen molar-refractivity contribution in [2.75, 3.05) is 6.61 Å². The van der Waals surface area contributed by atoms with Crippen LogP contribution in [0.5, 0.6) is 0 Å². The number of rotatable bonds is 5. The van der Waals surface area contributed by atoms with Gasteiger partial charge in [0.25, 0.3) is 11.2 Å². The maximum Gasteiger partial charge on any atom is 0.338 e. The van der Waals surface area contributed by atoms with Crippen LogP contribution in [0.2, 0.25) is 0 Å². The number of aliphatic hydroxyl groups excluding tert-OH is 1. The van der Waals surface area contributed by atoms with Crippen molar-refractivity contribution in [3.05, 3.63) is 72.5 Å². The molecule has 1 saturated heterocycles. The smallest absolute Gasteiger partial charge is 0.338 e. The minimum Gasteiger partial charge on any atom is -0.459 e. The van der Waals surface area contributed by atoms with Crippen molar-refractivity contribution in [1.82, 2.24) is 9.55 Å². The number of aryl methyl sites for hydroxylation is 1. The molecule has 0 radical (unpaired) electrons. The molecule has 11 heteroatoms. The van der Waals surface area contributed by atoms with E-state index < -0.39 is 40.6 Å². The van der Waals surface area contributed by atoms with E-state index in [1.54, 1.807) is 0 Å². The summed E-state index contributed by atoms with van der Waals surface area (Å²) in [5.41, 5.74) is -0.909. The number of H-pyrrole nitrogens is 1. The number of nitrogens with one attached hydrogen (secondary N) is 1. The number of aromatic nitrogens is 2. The summed E-state index contributed by atoms with van der Waals surface area (Å²) in [6.07, 6.45) is -1.27. The summed E-state index contributed by atoms with van der Waals surface area (Å²) >= 11 is 0. The largest absolute Gasteiger partial charge is 0.459 e. The highest BCUT2D eigenvalue weighted by molar-refractivity contribution is 5.89. The van der Waals surface area contributed by atoms with E-state index in [9.17, 15) is 29.6 Å². The first kappa shape index (κ1) is 19.5. The summed E-state index contributed by atoms with van der Waals surface area (Å²) < 4.78 is 11.9. The van der Waals surface area contributed by atoms with Crippen LogP contribution in [0.15, 0.2) is 40.1 Å². The summed E-state index contributed by atoms with van der Waals surface area (Å²) in [5.74, 6) is -0.730. The Morgan fingerprint density at radius 2 is 2.07 bits per heavy atom. The number of non-ortho nitro benzene ring substituents is 1. The Hall–Kier alpha value is -3.31. The molecule has 1 fully saturated rings. The second kappa shape index (κ2) is 7.74. The first-order chi connectivity index (χ1) is 13.3. The maximum atomic E-state index is 12.1. The number of aromatic amines is 1. The van der Waals surface area contributed by atoms with E-state index >= 15 is 0 Å².